The molecular weight excluding hydrogens is 190 g/mol. The molecule has 0 radical (unpaired) electrons. The summed E-state index contributed by atoms with van der Waals surface area (Å²) in [5, 5.41) is 12.0. The van der Waals surface area contributed by atoms with E-state index in [1.807, 2.05) is 32.0 Å². The van der Waals surface area contributed by atoms with Crippen LogP contribution in [0.15, 0.2) is 18.2 Å². The van der Waals surface area contributed by atoms with E-state index >= 15 is 0 Å². The molecule has 0 fully saturated rings. The molecule has 15 heavy (non-hydrogen) atoms. The van der Waals surface area contributed by atoms with Gasteiger partial charge in [-0.2, -0.15) is 0 Å². The third-order valence-electron chi connectivity index (χ3n) is 2.64. The van der Waals surface area contributed by atoms with Crippen LogP contribution in [-0.4, -0.2) is 24.7 Å². The standard InChI is InChI=1S/C12H17NO2/c1-8-4-5-10(6-9(8)2)11(7-13-3)12(14)15/h4-6,11,13H,7H2,1-3H3,(H,14,15). The van der Waals surface area contributed by atoms with Crippen LogP contribution in [0.25, 0.3) is 0 Å². The molecule has 3 heteroatoms. The van der Waals surface area contributed by atoms with Crippen LogP contribution >= 0.6 is 0 Å². The van der Waals surface area contributed by atoms with Crippen molar-refractivity contribution in [1.82, 2.24) is 5.32 Å². The molecule has 0 aliphatic rings. The van der Waals surface area contributed by atoms with E-state index in [1.165, 1.54) is 5.56 Å². The molecule has 1 aromatic carbocycles. The minimum absolute atomic E-state index is 0.456. The summed E-state index contributed by atoms with van der Waals surface area (Å²) < 4.78 is 0. The molecule has 82 valence electrons. The lowest BCUT2D eigenvalue weighted by Gasteiger charge is -2.13. The van der Waals surface area contributed by atoms with E-state index in [2.05, 4.69) is 5.32 Å². The lowest BCUT2D eigenvalue weighted by molar-refractivity contribution is -0.138. The summed E-state index contributed by atoms with van der Waals surface area (Å²) in [6, 6.07) is 5.81. The number of aliphatic carboxylic acids is 1. The van der Waals surface area contributed by atoms with E-state index in [9.17, 15) is 4.79 Å². The van der Waals surface area contributed by atoms with Gasteiger partial charge in [0.15, 0.2) is 0 Å². The first-order valence-electron chi connectivity index (χ1n) is 5.00. The molecule has 0 saturated carbocycles. The molecule has 0 bridgehead atoms. The fourth-order valence-corrected chi connectivity index (χ4v) is 1.53. The maximum atomic E-state index is 11.0. The van der Waals surface area contributed by atoms with Gasteiger partial charge in [0.2, 0.25) is 0 Å². The first-order valence-corrected chi connectivity index (χ1v) is 5.00. The molecule has 0 saturated heterocycles. The Labute approximate surface area is 90.1 Å². The normalized spacial score (nSPS) is 12.5. The Morgan fingerprint density at radius 2 is 2.07 bits per heavy atom. The molecule has 1 atom stereocenters. The topological polar surface area (TPSA) is 49.3 Å². The summed E-state index contributed by atoms with van der Waals surface area (Å²) in [6.45, 7) is 4.47. The van der Waals surface area contributed by atoms with Crippen molar-refractivity contribution in [2.45, 2.75) is 19.8 Å². The molecule has 1 aromatic rings. The Bertz CT molecular complexity index is 361. The van der Waals surface area contributed by atoms with Crippen LogP contribution in [0.3, 0.4) is 0 Å². The third-order valence-corrected chi connectivity index (χ3v) is 2.64. The highest BCUT2D eigenvalue weighted by molar-refractivity contribution is 5.76. The number of hydrogen-bond acceptors (Lipinski definition) is 2. The molecule has 0 heterocycles. The number of hydrogen-bond donors (Lipinski definition) is 2. The second kappa shape index (κ2) is 4.94. The van der Waals surface area contributed by atoms with Crippen molar-refractivity contribution in [2.24, 2.45) is 0 Å². The number of nitrogens with one attached hydrogen (secondary N) is 1. The molecule has 0 spiro atoms. The smallest absolute Gasteiger partial charge is 0.312 e. The Morgan fingerprint density at radius 3 is 2.53 bits per heavy atom. The maximum Gasteiger partial charge on any atom is 0.312 e. The number of rotatable bonds is 4. The van der Waals surface area contributed by atoms with Crippen LogP contribution in [0.5, 0.6) is 0 Å². The van der Waals surface area contributed by atoms with Crippen molar-refractivity contribution in [3.8, 4) is 0 Å². The van der Waals surface area contributed by atoms with Crippen molar-refractivity contribution in [2.75, 3.05) is 13.6 Å². The van der Waals surface area contributed by atoms with Crippen LogP contribution in [0.2, 0.25) is 0 Å². The first kappa shape index (κ1) is 11.7. The quantitative estimate of drug-likeness (QED) is 0.790. The number of likely N-dealkylation sites (N-methyl/N-ethyl adjacent to an activating group) is 1. The summed E-state index contributed by atoms with van der Waals surface area (Å²) in [6.07, 6.45) is 0. The van der Waals surface area contributed by atoms with Gasteiger partial charge in [0.25, 0.3) is 0 Å². The largest absolute Gasteiger partial charge is 0.481 e. The fraction of sp³-hybridized carbons (Fsp3) is 0.417. The predicted molar refractivity (Wildman–Crippen MR) is 60.2 cm³/mol. The zero-order valence-electron chi connectivity index (χ0n) is 9.37. The highest BCUT2D eigenvalue weighted by Crippen LogP contribution is 2.18. The zero-order chi connectivity index (χ0) is 11.4. The van der Waals surface area contributed by atoms with Gasteiger partial charge < -0.3 is 10.4 Å². The van der Waals surface area contributed by atoms with Crippen LogP contribution in [0.4, 0.5) is 0 Å². The van der Waals surface area contributed by atoms with Gasteiger partial charge in [0.05, 0.1) is 5.92 Å². The van der Waals surface area contributed by atoms with E-state index < -0.39 is 11.9 Å². The highest BCUT2D eigenvalue weighted by atomic mass is 16.4. The Balaban J connectivity index is 3.01. The number of carboxylic acid groups (broad SMARTS) is 1. The lowest BCUT2D eigenvalue weighted by atomic mass is 9.95. The van der Waals surface area contributed by atoms with Crippen molar-refractivity contribution >= 4 is 5.97 Å². The molecule has 0 amide bonds. The van der Waals surface area contributed by atoms with Crippen molar-refractivity contribution in [3.63, 3.8) is 0 Å². The van der Waals surface area contributed by atoms with E-state index in [4.69, 9.17) is 5.11 Å². The molecule has 0 aliphatic heterocycles. The Morgan fingerprint density at radius 1 is 1.40 bits per heavy atom. The van der Waals surface area contributed by atoms with Crippen molar-refractivity contribution in [3.05, 3.63) is 34.9 Å². The summed E-state index contributed by atoms with van der Waals surface area (Å²) >= 11 is 0. The number of aryl methyl sites for hydroxylation is 2. The van der Waals surface area contributed by atoms with Gasteiger partial charge in [-0.15, -0.1) is 0 Å². The van der Waals surface area contributed by atoms with Gasteiger partial charge in [-0.05, 0) is 37.6 Å². The highest BCUT2D eigenvalue weighted by Gasteiger charge is 2.18. The van der Waals surface area contributed by atoms with Gasteiger partial charge in [-0.3, -0.25) is 4.79 Å². The van der Waals surface area contributed by atoms with Crippen molar-refractivity contribution < 1.29 is 9.90 Å². The Hall–Kier alpha value is -1.35. The first-order chi connectivity index (χ1) is 7.06. The third kappa shape index (κ3) is 2.80. The molecule has 0 aromatic heterocycles. The van der Waals surface area contributed by atoms with Gasteiger partial charge in [-0.25, -0.2) is 0 Å². The van der Waals surface area contributed by atoms with E-state index in [1.54, 1.807) is 7.05 Å². The van der Waals surface area contributed by atoms with Crippen LogP contribution < -0.4 is 5.32 Å². The second-order valence-corrected chi connectivity index (χ2v) is 3.79. The minimum atomic E-state index is -0.785. The molecular formula is C12H17NO2. The SMILES string of the molecule is CNCC(C(=O)O)c1ccc(C)c(C)c1. The molecule has 2 N–H and O–H groups in total. The molecule has 1 rings (SSSR count). The number of benzene rings is 1. The summed E-state index contributed by atoms with van der Waals surface area (Å²) in [5.41, 5.74) is 3.18. The average Bonchev–Trinajstić information content (AvgIpc) is 2.18. The van der Waals surface area contributed by atoms with Gasteiger partial charge in [0.1, 0.15) is 0 Å². The van der Waals surface area contributed by atoms with E-state index in [0.29, 0.717) is 6.54 Å². The molecule has 1 unspecified atom stereocenters. The summed E-state index contributed by atoms with van der Waals surface area (Å²) in [4.78, 5) is 11.0. The summed E-state index contributed by atoms with van der Waals surface area (Å²) in [5.74, 6) is -1.25. The van der Waals surface area contributed by atoms with Gasteiger partial charge >= 0.3 is 5.97 Å². The van der Waals surface area contributed by atoms with Gasteiger partial charge in [-0.1, -0.05) is 18.2 Å². The van der Waals surface area contributed by atoms with Crippen molar-refractivity contribution in [1.29, 1.82) is 0 Å². The summed E-state index contributed by atoms with van der Waals surface area (Å²) in [7, 11) is 1.76. The molecule has 3 nitrogen and oxygen atoms in total. The maximum absolute atomic E-state index is 11.0. The number of carboxylic acids is 1. The van der Waals surface area contributed by atoms with Gasteiger partial charge in [0, 0.05) is 6.54 Å². The monoisotopic (exact) mass is 207 g/mol. The van der Waals surface area contributed by atoms with Crippen LogP contribution in [0.1, 0.15) is 22.6 Å². The Kier molecular flexibility index (Phi) is 3.86. The fourth-order valence-electron chi connectivity index (χ4n) is 1.53. The predicted octanol–water partition coefficient (Wildman–Crippen LogP) is 1.69. The van der Waals surface area contributed by atoms with Crippen LogP contribution in [-0.2, 0) is 4.79 Å². The lowest BCUT2D eigenvalue weighted by Crippen LogP contribution is -2.24. The van der Waals surface area contributed by atoms with Crippen LogP contribution in [0, 0.1) is 13.8 Å². The number of carbonyl (C=O) groups is 1. The minimum Gasteiger partial charge on any atom is -0.481 e. The average molecular weight is 207 g/mol. The zero-order valence-corrected chi connectivity index (χ0v) is 9.37. The van der Waals surface area contributed by atoms with E-state index in [0.717, 1.165) is 11.1 Å². The molecule has 0 aliphatic carbocycles. The van der Waals surface area contributed by atoms with E-state index in [-0.39, 0.29) is 0 Å². The second-order valence-electron chi connectivity index (χ2n) is 3.79.